The van der Waals surface area contributed by atoms with Gasteiger partial charge >= 0.3 is 0 Å². The number of amides is 1. The molecule has 0 bridgehead atoms. The van der Waals surface area contributed by atoms with E-state index in [0.29, 0.717) is 17.7 Å². The number of hydroxylamine groups is 2. The van der Waals surface area contributed by atoms with Crippen molar-refractivity contribution in [1.29, 1.82) is 0 Å². The van der Waals surface area contributed by atoms with Crippen molar-refractivity contribution in [3.63, 3.8) is 0 Å². The maximum atomic E-state index is 12.7. The van der Waals surface area contributed by atoms with Gasteiger partial charge in [0.25, 0.3) is 0 Å². The molecule has 3 saturated heterocycles. The Labute approximate surface area is 163 Å². The van der Waals surface area contributed by atoms with E-state index in [4.69, 9.17) is 4.84 Å². The molecule has 3 fully saturated rings. The Morgan fingerprint density at radius 3 is 2.70 bits per heavy atom. The summed E-state index contributed by atoms with van der Waals surface area (Å²) in [7, 11) is 0. The van der Waals surface area contributed by atoms with Gasteiger partial charge in [0.15, 0.2) is 0 Å². The van der Waals surface area contributed by atoms with E-state index in [2.05, 4.69) is 40.1 Å². The highest BCUT2D eigenvalue weighted by Crippen LogP contribution is 2.39. The molecule has 0 unspecified atom stereocenters. The van der Waals surface area contributed by atoms with Gasteiger partial charge in [0.2, 0.25) is 5.91 Å². The normalized spacial score (nSPS) is 26.9. The smallest absolute Gasteiger partial charge is 0.223 e. The molecule has 0 N–H and O–H groups in total. The number of piperidine rings is 1. The molecule has 5 heteroatoms. The fourth-order valence-electron chi connectivity index (χ4n) is 4.97. The van der Waals surface area contributed by atoms with Gasteiger partial charge in [-0.05, 0) is 44.2 Å². The molecule has 1 aromatic rings. The van der Waals surface area contributed by atoms with Crippen LogP contribution in [0.5, 0.6) is 0 Å². The predicted octanol–water partition coefficient (Wildman–Crippen LogP) is 2.57. The lowest BCUT2D eigenvalue weighted by molar-refractivity contribution is -0.138. The van der Waals surface area contributed by atoms with Gasteiger partial charge in [0, 0.05) is 51.1 Å². The Balaban J connectivity index is 1.25. The maximum Gasteiger partial charge on any atom is 0.223 e. The molecule has 4 rings (SSSR count). The highest BCUT2D eigenvalue weighted by atomic mass is 16.7. The van der Waals surface area contributed by atoms with E-state index in [0.717, 1.165) is 58.7 Å². The molecule has 0 saturated carbocycles. The van der Waals surface area contributed by atoms with Gasteiger partial charge in [0.05, 0.1) is 6.61 Å². The van der Waals surface area contributed by atoms with Crippen LogP contribution in [0.15, 0.2) is 30.3 Å². The van der Waals surface area contributed by atoms with Crippen LogP contribution in [0.1, 0.15) is 37.7 Å². The molecule has 1 amide bonds. The minimum Gasteiger partial charge on any atom is -0.342 e. The predicted molar refractivity (Wildman–Crippen MR) is 106 cm³/mol. The zero-order valence-corrected chi connectivity index (χ0v) is 16.4. The van der Waals surface area contributed by atoms with E-state index in [1.807, 2.05) is 5.06 Å². The first-order valence-corrected chi connectivity index (χ1v) is 10.6. The van der Waals surface area contributed by atoms with Crippen molar-refractivity contribution in [2.24, 2.45) is 5.41 Å². The summed E-state index contributed by atoms with van der Waals surface area (Å²) in [5, 5.41) is 1.95. The molecule has 5 nitrogen and oxygen atoms in total. The first-order valence-electron chi connectivity index (χ1n) is 10.6. The monoisotopic (exact) mass is 371 g/mol. The van der Waals surface area contributed by atoms with Crippen LogP contribution in [0, 0.1) is 5.41 Å². The number of nitrogens with zero attached hydrogens (tertiary/aromatic N) is 3. The number of carbonyl (C=O) groups is 1. The average Bonchev–Trinajstić information content (AvgIpc) is 3.36. The maximum absolute atomic E-state index is 12.7. The minimum absolute atomic E-state index is 0.309. The average molecular weight is 372 g/mol. The third-order valence-electron chi connectivity index (χ3n) is 6.49. The Hall–Kier alpha value is -1.43. The quantitative estimate of drug-likeness (QED) is 0.770. The van der Waals surface area contributed by atoms with Gasteiger partial charge < -0.3 is 9.80 Å². The van der Waals surface area contributed by atoms with Crippen molar-refractivity contribution < 1.29 is 9.63 Å². The van der Waals surface area contributed by atoms with Crippen molar-refractivity contribution in [1.82, 2.24) is 14.9 Å². The molecule has 148 valence electrons. The second-order valence-corrected chi connectivity index (χ2v) is 8.55. The van der Waals surface area contributed by atoms with Crippen LogP contribution in [0.4, 0.5) is 0 Å². The second-order valence-electron chi connectivity index (χ2n) is 8.55. The molecule has 0 aromatic heterocycles. The van der Waals surface area contributed by atoms with Crippen LogP contribution in [0.2, 0.25) is 0 Å². The zero-order valence-electron chi connectivity index (χ0n) is 16.4. The Morgan fingerprint density at radius 1 is 1.00 bits per heavy atom. The van der Waals surface area contributed by atoms with Crippen molar-refractivity contribution in [2.45, 2.75) is 38.5 Å². The summed E-state index contributed by atoms with van der Waals surface area (Å²) in [5.41, 5.74) is 1.75. The fraction of sp³-hybridized carbons (Fsp3) is 0.682. The van der Waals surface area contributed by atoms with Crippen LogP contribution < -0.4 is 0 Å². The lowest BCUT2D eigenvalue weighted by atomic mass is 9.79. The van der Waals surface area contributed by atoms with Crippen molar-refractivity contribution in [3.05, 3.63) is 35.9 Å². The number of carbonyl (C=O) groups excluding carboxylic acids is 1. The molecule has 3 aliphatic rings. The standard InChI is InChI=1S/C22H33N3O2/c26-21(9-15-25-13-5-17-27-25)24-16-11-22(19-24)10-4-12-23(18-22)14-8-20-6-2-1-3-7-20/h1-3,6-7H,4-5,8-19H2/t22-/m0/s1. The second kappa shape index (κ2) is 8.72. The van der Waals surface area contributed by atoms with E-state index < -0.39 is 0 Å². The molecule has 0 aliphatic carbocycles. The van der Waals surface area contributed by atoms with E-state index in [-0.39, 0.29) is 0 Å². The van der Waals surface area contributed by atoms with Gasteiger partial charge in [-0.2, -0.15) is 5.06 Å². The van der Waals surface area contributed by atoms with E-state index in [1.165, 1.54) is 31.4 Å². The lowest BCUT2D eigenvalue weighted by Gasteiger charge is -2.40. The first-order chi connectivity index (χ1) is 13.2. The number of benzene rings is 1. The largest absolute Gasteiger partial charge is 0.342 e. The molecule has 0 radical (unpaired) electrons. The summed E-state index contributed by atoms with van der Waals surface area (Å²) in [6, 6.07) is 10.8. The van der Waals surface area contributed by atoms with Crippen molar-refractivity contribution >= 4 is 5.91 Å². The molecule has 1 atom stereocenters. The van der Waals surface area contributed by atoms with Crippen molar-refractivity contribution in [3.8, 4) is 0 Å². The molecule has 3 heterocycles. The summed E-state index contributed by atoms with van der Waals surface area (Å²) in [5.74, 6) is 0.309. The van der Waals surface area contributed by atoms with Gasteiger partial charge in [-0.3, -0.25) is 9.63 Å². The number of hydrogen-bond acceptors (Lipinski definition) is 4. The van der Waals surface area contributed by atoms with Crippen LogP contribution in [-0.4, -0.2) is 73.2 Å². The van der Waals surface area contributed by atoms with E-state index >= 15 is 0 Å². The van der Waals surface area contributed by atoms with Crippen LogP contribution in [-0.2, 0) is 16.1 Å². The summed E-state index contributed by atoms with van der Waals surface area (Å²) in [6.45, 7) is 7.89. The Bertz CT molecular complexity index is 617. The third-order valence-corrected chi connectivity index (χ3v) is 6.49. The van der Waals surface area contributed by atoms with E-state index in [9.17, 15) is 4.79 Å². The van der Waals surface area contributed by atoms with Gasteiger partial charge in [0.1, 0.15) is 0 Å². The van der Waals surface area contributed by atoms with Crippen molar-refractivity contribution in [2.75, 3.05) is 52.4 Å². The third kappa shape index (κ3) is 4.89. The molecule has 1 spiro atoms. The summed E-state index contributed by atoms with van der Waals surface area (Å²) in [4.78, 5) is 22.9. The summed E-state index contributed by atoms with van der Waals surface area (Å²) >= 11 is 0. The van der Waals surface area contributed by atoms with Gasteiger partial charge in [-0.1, -0.05) is 30.3 Å². The number of likely N-dealkylation sites (tertiary alicyclic amines) is 2. The van der Waals surface area contributed by atoms with E-state index in [1.54, 1.807) is 0 Å². The topological polar surface area (TPSA) is 36.0 Å². The summed E-state index contributed by atoms with van der Waals surface area (Å²) in [6.07, 6.45) is 6.50. The fourth-order valence-corrected chi connectivity index (χ4v) is 4.97. The zero-order chi connectivity index (χ0) is 18.5. The van der Waals surface area contributed by atoms with Gasteiger partial charge in [-0.15, -0.1) is 0 Å². The minimum atomic E-state index is 0.309. The first kappa shape index (κ1) is 18.9. The van der Waals surface area contributed by atoms with Crippen LogP contribution in [0.3, 0.4) is 0 Å². The van der Waals surface area contributed by atoms with Crippen LogP contribution in [0.25, 0.3) is 0 Å². The summed E-state index contributed by atoms with van der Waals surface area (Å²) < 4.78 is 0. The number of hydrogen-bond donors (Lipinski definition) is 0. The van der Waals surface area contributed by atoms with Gasteiger partial charge in [-0.25, -0.2) is 0 Å². The highest BCUT2D eigenvalue weighted by Gasteiger charge is 2.42. The molecule has 27 heavy (non-hydrogen) atoms. The Kier molecular flexibility index (Phi) is 6.11. The molecular weight excluding hydrogens is 338 g/mol. The molecule has 3 aliphatic heterocycles. The Morgan fingerprint density at radius 2 is 1.89 bits per heavy atom. The lowest BCUT2D eigenvalue weighted by Crippen LogP contribution is -2.46. The SMILES string of the molecule is O=C(CCN1CCCO1)N1CC[C@]2(CCCN(CCc3ccccc3)C2)C1. The number of rotatable bonds is 6. The molecular formula is C22H33N3O2. The highest BCUT2D eigenvalue weighted by molar-refractivity contribution is 5.76. The molecule has 1 aromatic carbocycles. The van der Waals surface area contributed by atoms with Crippen LogP contribution >= 0.6 is 0 Å².